The zero-order valence-electron chi connectivity index (χ0n) is 15.3. The van der Waals surface area contributed by atoms with E-state index in [2.05, 4.69) is 32.8 Å². The zero-order chi connectivity index (χ0) is 15.8. The molecule has 1 atom stereocenters. The van der Waals surface area contributed by atoms with E-state index in [0.717, 1.165) is 0 Å². The van der Waals surface area contributed by atoms with Crippen LogP contribution < -0.4 is 0 Å². The van der Waals surface area contributed by atoms with E-state index in [-0.39, 0.29) is 0 Å². The van der Waals surface area contributed by atoms with Gasteiger partial charge in [-0.05, 0) is 27.4 Å². The fraction of sp³-hybridized carbons (Fsp3) is 0.950. The molecule has 0 bridgehead atoms. The minimum Gasteiger partial charge on any atom is -0.306 e. The average Bonchev–Trinajstić information content (AvgIpc) is 2.47. The Morgan fingerprint density at radius 3 is 1.29 bits per heavy atom. The quantitative estimate of drug-likeness (QED) is 0.289. The molecule has 127 valence electrons. The molecule has 0 spiro atoms. The van der Waals surface area contributed by atoms with E-state index in [1.807, 2.05) is 0 Å². The van der Waals surface area contributed by atoms with Gasteiger partial charge in [-0.3, -0.25) is 0 Å². The molecule has 0 aliphatic carbocycles. The molecule has 1 heteroatoms. The summed E-state index contributed by atoms with van der Waals surface area (Å²) in [6.07, 6.45) is 21.4. The summed E-state index contributed by atoms with van der Waals surface area (Å²) in [4.78, 5) is 2.22. The van der Waals surface area contributed by atoms with Gasteiger partial charge in [0.2, 0.25) is 0 Å². The molecule has 0 saturated carbocycles. The summed E-state index contributed by atoms with van der Waals surface area (Å²) in [5, 5.41) is 0. The van der Waals surface area contributed by atoms with Gasteiger partial charge >= 0.3 is 0 Å². The van der Waals surface area contributed by atoms with Crippen LogP contribution in [0.3, 0.4) is 0 Å². The van der Waals surface area contributed by atoms with Gasteiger partial charge in [0.25, 0.3) is 0 Å². The summed E-state index contributed by atoms with van der Waals surface area (Å²) in [5.74, 6) is 0. The average molecular weight is 297 g/mol. The van der Waals surface area contributed by atoms with Crippen LogP contribution in [0.5, 0.6) is 0 Å². The Hall–Kier alpha value is -0.0400. The van der Waals surface area contributed by atoms with Gasteiger partial charge in [-0.25, -0.2) is 0 Å². The number of hydrogen-bond donors (Lipinski definition) is 0. The molecule has 1 radical (unpaired) electrons. The van der Waals surface area contributed by atoms with Crippen molar-refractivity contribution in [2.75, 3.05) is 14.1 Å². The maximum Gasteiger partial charge on any atom is 0.00897 e. The van der Waals surface area contributed by atoms with Crippen molar-refractivity contribution in [1.29, 1.82) is 0 Å². The Bertz CT molecular complexity index is 188. The Morgan fingerprint density at radius 1 is 0.619 bits per heavy atom. The summed E-state index contributed by atoms with van der Waals surface area (Å²) in [5.41, 5.74) is 0. The predicted octanol–water partition coefficient (Wildman–Crippen LogP) is 6.62. The van der Waals surface area contributed by atoms with Crippen molar-refractivity contribution in [3.63, 3.8) is 0 Å². The summed E-state index contributed by atoms with van der Waals surface area (Å²) in [6, 6.07) is 0.502. The lowest BCUT2D eigenvalue weighted by atomic mass is 10.0. The van der Waals surface area contributed by atoms with Crippen molar-refractivity contribution in [3.8, 4) is 0 Å². The van der Waals surface area contributed by atoms with Crippen molar-refractivity contribution in [1.82, 2.24) is 4.90 Å². The molecule has 0 fully saturated rings. The molecule has 0 saturated heterocycles. The molecule has 0 amide bonds. The fourth-order valence-electron chi connectivity index (χ4n) is 2.83. The minimum atomic E-state index is 0.502. The van der Waals surface area contributed by atoms with Crippen LogP contribution in [0.15, 0.2) is 0 Å². The van der Waals surface area contributed by atoms with E-state index in [4.69, 9.17) is 0 Å². The number of nitrogens with zero attached hydrogens (tertiary/aromatic N) is 1. The molecule has 0 aromatic rings. The van der Waals surface area contributed by atoms with Crippen LogP contribution in [0.4, 0.5) is 0 Å². The first-order valence-corrected chi connectivity index (χ1v) is 9.68. The molecule has 0 aliphatic heterocycles. The third-order valence-corrected chi connectivity index (χ3v) is 4.62. The van der Waals surface area contributed by atoms with E-state index < -0.39 is 0 Å². The second kappa shape index (κ2) is 16.3. The summed E-state index contributed by atoms with van der Waals surface area (Å²) < 4.78 is 0. The van der Waals surface area contributed by atoms with Gasteiger partial charge in [0.1, 0.15) is 0 Å². The highest BCUT2D eigenvalue weighted by molar-refractivity contribution is 4.67. The van der Waals surface area contributed by atoms with Crippen molar-refractivity contribution in [3.05, 3.63) is 6.92 Å². The van der Waals surface area contributed by atoms with Crippen molar-refractivity contribution < 1.29 is 0 Å². The Kier molecular flexibility index (Phi) is 16.3. The highest BCUT2D eigenvalue weighted by Crippen LogP contribution is 2.14. The Balaban J connectivity index is 3.03. The second-order valence-corrected chi connectivity index (χ2v) is 7.00. The first-order chi connectivity index (χ1) is 10.2. The normalized spacial score (nSPS) is 13.0. The molecule has 0 heterocycles. The van der Waals surface area contributed by atoms with Gasteiger partial charge in [0.05, 0.1) is 0 Å². The molecule has 0 aromatic carbocycles. The first kappa shape index (κ1) is 21.0. The molecule has 0 N–H and O–H groups in total. The van der Waals surface area contributed by atoms with E-state index >= 15 is 0 Å². The second-order valence-electron chi connectivity index (χ2n) is 7.00. The first-order valence-electron chi connectivity index (χ1n) is 9.68. The van der Waals surface area contributed by atoms with Gasteiger partial charge in [-0.2, -0.15) is 0 Å². The zero-order valence-corrected chi connectivity index (χ0v) is 15.3. The molecule has 0 aromatic heterocycles. The maximum absolute atomic E-state index is 4.16. The van der Waals surface area contributed by atoms with Crippen LogP contribution in [0.2, 0.25) is 0 Å². The minimum absolute atomic E-state index is 0.502. The van der Waals surface area contributed by atoms with Crippen LogP contribution >= 0.6 is 0 Å². The SMILES string of the molecule is [CH2]C(CCCCCCCCCCCCCCCC)N(C)C. The van der Waals surface area contributed by atoms with Gasteiger partial charge in [-0.15, -0.1) is 0 Å². The van der Waals surface area contributed by atoms with Crippen molar-refractivity contribution in [2.24, 2.45) is 0 Å². The van der Waals surface area contributed by atoms with Crippen molar-refractivity contribution >= 4 is 0 Å². The van der Waals surface area contributed by atoms with Crippen LogP contribution in [0.25, 0.3) is 0 Å². The molecule has 0 aliphatic rings. The van der Waals surface area contributed by atoms with Crippen LogP contribution in [0, 0.1) is 6.92 Å². The van der Waals surface area contributed by atoms with Gasteiger partial charge in [0.15, 0.2) is 0 Å². The Labute approximate surface area is 135 Å². The number of hydrogen-bond acceptors (Lipinski definition) is 1. The topological polar surface area (TPSA) is 3.24 Å². The molecule has 0 rings (SSSR count). The van der Waals surface area contributed by atoms with Crippen molar-refractivity contribution in [2.45, 2.75) is 109 Å². The lowest BCUT2D eigenvalue weighted by molar-refractivity contribution is 0.317. The predicted molar refractivity (Wildman–Crippen MR) is 97.8 cm³/mol. The number of unbranched alkanes of at least 4 members (excludes halogenated alkanes) is 13. The monoisotopic (exact) mass is 296 g/mol. The largest absolute Gasteiger partial charge is 0.306 e. The molecule has 1 unspecified atom stereocenters. The molecule has 21 heavy (non-hydrogen) atoms. The third kappa shape index (κ3) is 16.2. The van der Waals surface area contributed by atoms with Gasteiger partial charge < -0.3 is 4.90 Å². The van der Waals surface area contributed by atoms with E-state index in [9.17, 15) is 0 Å². The van der Waals surface area contributed by atoms with Gasteiger partial charge in [-0.1, -0.05) is 96.8 Å². The smallest absolute Gasteiger partial charge is 0.00897 e. The Morgan fingerprint density at radius 2 is 0.952 bits per heavy atom. The van der Waals surface area contributed by atoms with Crippen LogP contribution in [-0.4, -0.2) is 25.0 Å². The summed E-state index contributed by atoms with van der Waals surface area (Å²) >= 11 is 0. The lowest BCUT2D eigenvalue weighted by Gasteiger charge is -2.19. The standard InChI is InChI=1S/C20H42N/c1-5-6-7-8-9-10-11-12-13-14-15-16-17-18-19-20(2)21(3)4/h20H,2,5-19H2,1,3-4H3. The highest BCUT2D eigenvalue weighted by Gasteiger charge is 2.03. The van der Waals surface area contributed by atoms with Crippen LogP contribution in [0.1, 0.15) is 103 Å². The summed E-state index contributed by atoms with van der Waals surface area (Å²) in [6.45, 7) is 6.45. The summed E-state index contributed by atoms with van der Waals surface area (Å²) in [7, 11) is 4.25. The van der Waals surface area contributed by atoms with E-state index in [1.54, 1.807) is 0 Å². The lowest BCUT2D eigenvalue weighted by Crippen LogP contribution is -2.24. The van der Waals surface area contributed by atoms with E-state index in [0.29, 0.717) is 6.04 Å². The van der Waals surface area contributed by atoms with Gasteiger partial charge in [0, 0.05) is 6.04 Å². The third-order valence-electron chi connectivity index (χ3n) is 4.62. The van der Waals surface area contributed by atoms with Crippen LogP contribution in [-0.2, 0) is 0 Å². The highest BCUT2D eigenvalue weighted by atomic mass is 15.1. The molecular formula is C20H42N. The molecule has 1 nitrogen and oxygen atoms in total. The molecular weight excluding hydrogens is 254 g/mol. The maximum atomic E-state index is 4.16. The number of rotatable bonds is 16. The fourth-order valence-corrected chi connectivity index (χ4v) is 2.83. The van der Waals surface area contributed by atoms with E-state index in [1.165, 1.54) is 96.3 Å².